The molecule has 0 amide bonds. The van der Waals surface area contributed by atoms with Crippen molar-refractivity contribution >= 4 is 28.3 Å². The molecule has 0 N–H and O–H groups in total. The summed E-state index contributed by atoms with van der Waals surface area (Å²) < 4.78 is 0. The smallest absolute Gasteiger partial charge is 0.139 e. The van der Waals surface area contributed by atoms with Crippen LogP contribution in [0.5, 0.6) is 0 Å². The highest BCUT2D eigenvalue weighted by Gasteiger charge is 2.22. The number of fused-ring (bicyclic) bond motifs is 1. The van der Waals surface area contributed by atoms with Crippen molar-refractivity contribution in [2.24, 2.45) is 5.92 Å². The Morgan fingerprint density at radius 1 is 1.00 bits per heavy atom. The summed E-state index contributed by atoms with van der Waals surface area (Å²) in [5.41, 5.74) is 2.39. The van der Waals surface area contributed by atoms with Gasteiger partial charge in [0.25, 0.3) is 0 Å². The summed E-state index contributed by atoms with van der Waals surface area (Å²) in [7, 11) is 0. The number of hydrogen-bond donors (Lipinski definition) is 0. The first-order chi connectivity index (χ1) is 11.8. The Balaban J connectivity index is 1.49. The molecule has 3 aromatic rings. The summed E-state index contributed by atoms with van der Waals surface area (Å²) in [6.45, 7) is 2.08. The Hall–Kier alpha value is -2.13. The number of anilines is 1. The molecule has 0 spiro atoms. The van der Waals surface area contributed by atoms with Crippen molar-refractivity contribution < 1.29 is 0 Å². The zero-order chi connectivity index (χ0) is 16.4. The molecular weight excluding hydrogens is 318 g/mol. The van der Waals surface area contributed by atoms with E-state index in [1.54, 1.807) is 6.33 Å². The molecule has 0 bridgehead atoms. The first-order valence-electron chi connectivity index (χ1n) is 8.49. The van der Waals surface area contributed by atoms with E-state index in [0.29, 0.717) is 0 Å². The highest BCUT2D eigenvalue weighted by molar-refractivity contribution is 6.31. The monoisotopic (exact) mass is 337 g/mol. The van der Waals surface area contributed by atoms with Crippen molar-refractivity contribution in [3.63, 3.8) is 0 Å². The van der Waals surface area contributed by atoms with Gasteiger partial charge in [-0.2, -0.15) is 0 Å². The quantitative estimate of drug-likeness (QED) is 0.691. The molecular formula is C20H20ClN3. The Kier molecular flexibility index (Phi) is 4.35. The molecule has 3 nitrogen and oxygen atoms in total. The molecule has 1 saturated heterocycles. The van der Waals surface area contributed by atoms with Gasteiger partial charge in [0, 0.05) is 23.5 Å². The zero-order valence-electron chi connectivity index (χ0n) is 13.5. The van der Waals surface area contributed by atoms with E-state index >= 15 is 0 Å². The molecule has 4 heteroatoms. The Morgan fingerprint density at radius 2 is 1.79 bits per heavy atom. The molecule has 1 aliphatic rings. The lowest BCUT2D eigenvalue weighted by Crippen LogP contribution is -2.35. The molecule has 0 atom stereocenters. The van der Waals surface area contributed by atoms with Crippen molar-refractivity contribution in [1.82, 2.24) is 9.97 Å². The lowest BCUT2D eigenvalue weighted by atomic mass is 9.90. The van der Waals surface area contributed by atoms with Crippen LogP contribution >= 0.6 is 11.6 Å². The average Bonchev–Trinajstić information content (AvgIpc) is 2.63. The third-order valence-electron chi connectivity index (χ3n) is 4.86. The van der Waals surface area contributed by atoms with Gasteiger partial charge >= 0.3 is 0 Å². The van der Waals surface area contributed by atoms with Gasteiger partial charge in [-0.05, 0) is 48.9 Å². The van der Waals surface area contributed by atoms with Crippen LogP contribution in [-0.4, -0.2) is 23.1 Å². The molecule has 4 rings (SSSR count). The second-order valence-corrected chi connectivity index (χ2v) is 6.92. The molecule has 1 fully saturated rings. The fourth-order valence-corrected chi connectivity index (χ4v) is 3.74. The Morgan fingerprint density at radius 3 is 2.58 bits per heavy atom. The number of hydrogen-bond acceptors (Lipinski definition) is 3. The van der Waals surface area contributed by atoms with Crippen LogP contribution in [0, 0.1) is 5.92 Å². The molecule has 24 heavy (non-hydrogen) atoms. The van der Waals surface area contributed by atoms with E-state index in [-0.39, 0.29) is 0 Å². The lowest BCUT2D eigenvalue weighted by molar-refractivity contribution is 0.402. The molecule has 0 radical (unpaired) electrons. The summed E-state index contributed by atoms with van der Waals surface area (Å²) in [5.74, 6) is 1.76. The van der Waals surface area contributed by atoms with Crippen LogP contribution in [0.2, 0.25) is 5.02 Å². The molecule has 0 aliphatic carbocycles. The van der Waals surface area contributed by atoms with Gasteiger partial charge in [-0.15, -0.1) is 0 Å². The maximum absolute atomic E-state index is 6.17. The van der Waals surface area contributed by atoms with Crippen LogP contribution in [0.4, 0.5) is 5.82 Å². The summed E-state index contributed by atoms with van der Waals surface area (Å²) in [5, 5.41) is 1.78. The maximum atomic E-state index is 6.17. The number of nitrogens with zero attached hydrogens (tertiary/aromatic N) is 3. The van der Waals surface area contributed by atoms with Crippen molar-refractivity contribution in [3.8, 4) is 0 Å². The first-order valence-corrected chi connectivity index (χ1v) is 8.86. The number of rotatable bonds is 3. The van der Waals surface area contributed by atoms with Gasteiger partial charge in [0.15, 0.2) is 0 Å². The summed E-state index contributed by atoms with van der Waals surface area (Å²) in [6.07, 6.45) is 5.22. The molecule has 2 aromatic carbocycles. The predicted molar refractivity (Wildman–Crippen MR) is 99.6 cm³/mol. The highest BCUT2D eigenvalue weighted by atomic mass is 35.5. The third-order valence-corrected chi connectivity index (χ3v) is 5.09. The van der Waals surface area contributed by atoms with Crippen LogP contribution in [0.25, 0.3) is 10.9 Å². The topological polar surface area (TPSA) is 29.0 Å². The van der Waals surface area contributed by atoms with Gasteiger partial charge in [-0.3, -0.25) is 0 Å². The number of aromatic nitrogens is 2. The average molecular weight is 338 g/mol. The molecule has 1 aliphatic heterocycles. The van der Waals surface area contributed by atoms with E-state index in [9.17, 15) is 0 Å². The minimum Gasteiger partial charge on any atom is -0.356 e. The van der Waals surface area contributed by atoms with E-state index in [4.69, 9.17) is 11.6 Å². The molecule has 122 valence electrons. The number of piperidine rings is 1. The normalized spacial score (nSPS) is 15.8. The van der Waals surface area contributed by atoms with E-state index in [2.05, 4.69) is 45.2 Å². The van der Waals surface area contributed by atoms with Gasteiger partial charge in [-0.25, -0.2) is 9.97 Å². The van der Waals surface area contributed by atoms with E-state index < -0.39 is 0 Å². The minimum atomic E-state index is 0.734. The SMILES string of the molecule is Clc1ccc2ncnc(N3CCC(Cc4ccccc4)CC3)c2c1. The molecule has 0 unspecified atom stereocenters. The van der Waals surface area contributed by atoms with Crippen LogP contribution in [0.1, 0.15) is 18.4 Å². The molecule has 1 aromatic heterocycles. The van der Waals surface area contributed by atoms with E-state index in [1.807, 2.05) is 18.2 Å². The van der Waals surface area contributed by atoms with E-state index in [1.165, 1.54) is 24.8 Å². The zero-order valence-corrected chi connectivity index (χ0v) is 14.3. The van der Waals surface area contributed by atoms with Crippen LogP contribution in [0.15, 0.2) is 54.9 Å². The second-order valence-electron chi connectivity index (χ2n) is 6.48. The summed E-state index contributed by atoms with van der Waals surface area (Å²) in [6, 6.07) is 16.6. The van der Waals surface area contributed by atoms with Crippen LogP contribution in [-0.2, 0) is 6.42 Å². The van der Waals surface area contributed by atoms with Crippen molar-refractivity contribution in [2.75, 3.05) is 18.0 Å². The van der Waals surface area contributed by atoms with Crippen LogP contribution < -0.4 is 4.90 Å². The standard InChI is InChI=1S/C20H20ClN3/c21-17-6-7-19-18(13-17)20(23-14-22-19)24-10-8-16(9-11-24)12-15-4-2-1-3-5-15/h1-7,13-14,16H,8-12H2. The Bertz CT molecular complexity index is 827. The number of halogens is 1. The lowest BCUT2D eigenvalue weighted by Gasteiger charge is -2.33. The Labute approximate surface area is 147 Å². The minimum absolute atomic E-state index is 0.734. The van der Waals surface area contributed by atoms with Gasteiger partial charge in [0.2, 0.25) is 0 Å². The van der Waals surface area contributed by atoms with Crippen LogP contribution in [0.3, 0.4) is 0 Å². The number of benzene rings is 2. The van der Waals surface area contributed by atoms with E-state index in [0.717, 1.165) is 40.8 Å². The van der Waals surface area contributed by atoms with Gasteiger partial charge in [-0.1, -0.05) is 41.9 Å². The van der Waals surface area contributed by atoms with Gasteiger partial charge in [0.1, 0.15) is 12.1 Å². The third kappa shape index (κ3) is 3.22. The highest BCUT2D eigenvalue weighted by Crippen LogP contribution is 2.30. The van der Waals surface area contributed by atoms with Crippen molar-refractivity contribution in [3.05, 3.63) is 65.4 Å². The predicted octanol–water partition coefficient (Wildman–Crippen LogP) is 4.74. The fraction of sp³-hybridized carbons (Fsp3) is 0.300. The maximum Gasteiger partial charge on any atom is 0.139 e. The van der Waals surface area contributed by atoms with Crippen molar-refractivity contribution in [1.29, 1.82) is 0 Å². The summed E-state index contributed by atoms with van der Waals surface area (Å²) in [4.78, 5) is 11.3. The van der Waals surface area contributed by atoms with Crippen molar-refractivity contribution in [2.45, 2.75) is 19.3 Å². The fourth-order valence-electron chi connectivity index (χ4n) is 3.56. The first kappa shape index (κ1) is 15.4. The summed E-state index contributed by atoms with van der Waals surface area (Å²) >= 11 is 6.17. The molecule has 0 saturated carbocycles. The van der Waals surface area contributed by atoms with Gasteiger partial charge < -0.3 is 4.90 Å². The second kappa shape index (κ2) is 6.78. The molecule has 2 heterocycles. The van der Waals surface area contributed by atoms with Gasteiger partial charge in [0.05, 0.1) is 5.52 Å². The largest absolute Gasteiger partial charge is 0.356 e.